The van der Waals surface area contributed by atoms with E-state index in [-0.39, 0.29) is 0 Å². The van der Waals surface area contributed by atoms with Gasteiger partial charge in [0.05, 0.1) is 5.56 Å². The highest BCUT2D eigenvalue weighted by atomic mass is 19.4. The lowest BCUT2D eigenvalue weighted by atomic mass is 9.90. The van der Waals surface area contributed by atoms with Gasteiger partial charge in [0, 0.05) is 23.2 Å². The number of nitrogens with two attached hydrogens (primary N) is 1. The van der Waals surface area contributed by atoms with E-state index >= 15 is 0 Å². The van der Waals surface area contributed by atoms with Crippen LogP contribution in [0.4, 0.5) is 13.2 Å². The second-order valence-corrected chi connectivity index (χ2v) is 6.38. The summed E-state index contributed by atoms with van der Waals surface area (Å²) < 4.78 is 38.8. The minimum Gasteiger partial charge on any atom is -0.398 e. The van der Waals surface area contributed by atoms with Crippen molar-refractivity contribution in [3.8, 4) is 0 Å². The van der Waals surface area contributed by atoms with Crippen molar-refractivity contribution >= 4 is 11.8 Å². The smallest absolute Gasteiger partial charge is 0.398 e. The van der Waals surface area contributed by atoms with Crippen molar-refractivity contribution in [2.75, 3.05) is 0 Å². The molecule has 1 aromatic carbocycles. The third-order valence-corrected chi connectivity index (χ3v) is 4.37. The molecule has 148 valence electrons. The summed E-state index contributed by atoms with van der Waals surface area (Å²) in [5.74, 6) is 0. The summed E-state index contributed by atoms with van der Waals surface area (Å²) in [6.45, 7) is 9.72. The Kier molecular flexibility index (Phi) is 8.54. The molecule has 0 amide bonds. The Morgan fingerprint density at radius 2 is 1.70 bits per heavy atom. The fourth-order valence-corrected chi connectivity index (χ4v) is 2.69. The second-order valence-electron chi connectivity index (χ2n) is 6.38. The van der Waals surface area contributed by atoms with E-state index in [9.17, 15) is 13.2 Å². The minimum atomic E-state index is -4.36. The van der Waals surface area contributed by atoms with Gasteiger partial charge in [-0.05, 0) is 62.5 Å². The quantitative estimate of drug-likeness (QED) is 0.407. The highest BCUT2D eigenvalue weighted by Gasteiger charge is 2.30. The van der Waals surface area contributed by atoms with Gasteiger partial charge in [-0.15, -0.1) is 0 Å². The summed E-state index contributed by atoms with van der Waals surface area (Å²) >= 11 is 0. The predicted octanol–water partition coefficient (Wildman–Crippen LogP) is 6.90. The molecule has 0 bridgehead atoms. The van der Waals surface area contributed by atoms with E-state index in [1.165, 1.54) is 12.1 Å². The van der Waals surface area contributed by atoms with Crippen molar-refractivity contribution in [3.05, 3.63) is 64.0 Å². The number of alkyl halides is 3. The lowest BCUT2D eigenvalue weighted by molar-refractivity contribution is -0.137. The van der Waals surface area contributed by atoms with E-state index in [0.29, 0.717) is 11.3 Å². The molecule has 0 saturated carbocycles. The number of nitrogens with zero attached hydrogens (tertiary/aromatic N) is 1. The van der Waals surface area contributed by atoms with Crippen molar-refractivity contribution in [2.24, 2.45) is 10.7 Å². The zero-order valence-electron chi connectivity index (χ0n) is 16.7. The van der Waals surface area contributed by atoms with Crippen molar-refractivity contribution in [3.63, 3.8) is 0 Å². The maximum absolute atomic E-state index is 12.9. The molecule has 0 aliphatic rings. The predicted molar refractivity (Wildman–Crippen MR) is 108 cm³/mol. The van der Waals surface area contributed by atoms with Crippen LogP contribution in [0.5, 0.6) is 0 Å². The van der Waals surface area contributed by atoms with Crippen molar-refractivity contribution in [1.82, 2.24) is 0 Å². The molecule has 27 heavy (non-hydrogen) atoms. The van der Waals surface area contributed by atoms with Crippen LogP contribution in [-0.4, -0.2) is 6.21 Å². The number of halogens is 3. The first-order valence-electron chi connectivity index (χ1n) is 9.20. The summed E-state index contributed by atoms with van der Waals surface area (Å²) in [5, 5.41) is 0. The molecule has 0 saturated heterocycles. The van der Waals surface area contributed by atoms with E-state index in [2.05, 4.69) is 11.9 Å². The van der Waals surface area contributed by atoms with Gasteiger partial charge in [-0.3, -0.25) is 4.99 Å². The van der Waals surface area contributed by atoms with Gasteiger partial charge in [0.15, 0.2) is 0 Å². The second kappa shape index (κ2) is 10.1. The van der Waals surface area contributed by atoms with Crippen LogP contribution in [-0.2, 0) is 6.18 Å². The largest absolute Gasteiger partial charge is 0.416 e. The molecular formula is C22H29F3N2. The summed E-state index contributed by atoms with van der Waals surface area (Å²) in [6.07, 6.45) is 1.86. The van der Waals surface area contributed by atoms with E-state index in [4.69, 9.17) is 5.73 Å². The van der Waals surface area contributed by atoms with Crippen LogP contribution >= 0.6 is 0 Å². The maximum atomic E-state index is 12.9. The zero-order valence-corrected chi connectivity index (χ0v) is 16.7. The molecule has 0 heterocycles. The van der Waals surface area contributed by atoms with Crippen LogP contribution in [0.15, 0.2) is 57.9 Å². The van der Waals surface area contributed by atoms with Gasteiger partial charge in [-0.2, -0.15) is 13.2 Å². The van der Waals surface area contributed by atoms with Crippen LogP contribution in [0.25, 0.3) is 5.57 Å². The summed E-state index contributed by atoms with van der Waals surface area (Å²) in [5.41, 5.74) is 10.5. The Morgan fingerprint density at radius 1 is 1.11 bits per heavy atom. The standard InChI is InChI=1S/C22H29F3N2/c1-6-9-10-19(17-11-13-18(14-12-17)22(23,24)25)20(16(5)27-8-3)21(26)15(4)7-2/h8,10-14H,6-7,9,26H2,1-5H3/b19-10-,20-16-,21-15-,27-8?. The molecule has 2 N–H and O–H groups in total. The fraction of sp³-hybridized carbons (Fsp3) is 0.409. The molecule has 0 aliphatic heterocycles. The number of unbranched alkanes of at least 4 members (excludes halogenated alkanes) is 1. The first-order valence-corrected chi connectivity index (χ1v) is 9.20. The van der Waals surface area contributed by atoms with Crippen molar-refractivity contribution < 1.29 is 13.2 Å². The lowest BCUT2D eigenvalue weighted by Crippen LogP contribution is -2.09. The number of rotatable bonds is 7. The zero-order chi connectivity index (χ0) is 20.6. The van der Waals surface area contributed by atoms with Gasteiger partial charge in [0.1, 0.15) is 0 Å². The molecule has 1 aromatic rings. The third kappa shape index (κ3) is 6.12. The normalized spacial score (nSPS) is 15.0. The molecule has 5 heteroatoms. The van der Waals surface area contributed by atoms with Gasteiger partial charge >= 0.3 is 6.18 Å². The summed E-state index contributed by atoms with van der Waals surface area (Å²) in [6, 6.07) is 5.22. The van der Waals surface area contributed by atoms with Crippen LogP contribution in [0.2, 0.25) is 0 Å². The Hall–Kier alpha value is -2.30. The number of allylic oxidation sites excluding steroid dienone is 4. The first-order chi connectivity index (χ1) is 12.7. The van der Waals surface area contributed by atoms with Gasteiger partial charge in [0.25, 0.3) is 0 Å². The molecule has 0 aromatic heterocycles. The Balaban J connectivity index is 3.66. The number of benzene rings is 1. The molecule has 0 unspecified atom stereocenters. The van der Waals surface area contributed by atoms with Gasteiger partial charge < -0.3 is 5.73 Å². The fourth-order valence-electron chi connectivity index (χ4n) is 2.69. The molecule has 0 atom stereocenters. The molecule has 0 fully saturated rings. The summed E-state index contributed by atoms with van der Waals surface area (Å²) in [4.78, 5) is 4.39. The first kappa shape index (κ1) is 22.7. The molecule has 0 aliphatic carbocycles. The van der Waals surface area contributed by atoms with E-state index in [1.807, 2.05) is 33.8 Å². The van der Waals surface area contributed by atoms with Gasteiger partial charge in [0.2, 0.25) is 0 Å². The third-order valence-electron chi connectivity index (χ3n) is 4.37. The molecule has 1 rings (SSSR count). The van der Waals surface area contributed by atoms with Crippen LogP contribution in [0.1, 0.15) is 65.0 Å². The average Bonchev–Trinajstić information content (AvgIpc) is 2.63. The van der Waals surface area contributed by atoms with E-state index in [0.717, 1.165) is 53.8 Å². The van der Waals surface area contributed by atoms with E-state index < -0.39 is 11.7 Å². The Morgan fingerprint density at radius 3 is 2.15 bits per heavy atom. The van der Waals surface area contributed by atoms with Crippen molar-refractivity contribution in [1.29, 1.82) is 0 Å². The Labute approximate surface area is 160 Å². The SMILES string of the molecule is CC=N/C(C)=C(C(=C\CCC)/c1ccc(C(F)(F)F)cc1)\C(N)=C(/C)CC. The number of aliphatic imine (C=N–C) groups is 1. The highest BCUT2D eigenvalue weighted by Crippen LogP contribution is 2.35. The van der Waals surface area contributed by atoms with Crippen LogP contribution in [0, 0.1) is 0 Å². The minimum absolute atomic E-state index is 0.628. The van der Waals surface area contributed by atoms with Gasteiger partial charge in [-0.25, -0.2) is 0 Å². The van der Waals surface area contributed by atoms with Gasteiger partial charge in [-0.1, -0.05) is 38.5 Å². The average molecular weight is 378 g/mol. The molecule has 0 radical (unpaired) electrons. The van der Waals surface area contributed by atoms with E-state index in [1.54, 1.807) is 6.21 Å². The molecular weight excluding hydrogens is 349 g/mol. The molecule has 2 nitrogen and oxygen atoms in total. The maximum Gasteiger partial charge on any atom is 0.416 e. The van der Waals surface area contributed by atoms with Crippen molar-refractivity contribution in [2.45, 2.75) is 60.1 Å². The highest BCUT2D eigenvalue weighted by molar-refractivity contribution is 5.84. The van der Waals surface area contributed by atoms with Crippen LogP contribution in [0.3, 0.4) is 0 Å². The molecule has 0 spiro atoms. The summed E-state index contributed by atoms with van der Waals surface area (Å²) in [7, 11) is 0. The monoisotopic (exact) mass is 378 g/mol. The number of hydrogen-bond donors (Lipinski definition) is 1. The lowest BCUT2D eigenvalue weighted by Gasteiger charge is -2.18. The number of hydrogen-bond acceptors (Lipinski definition) is 2. The Bertz CT molecular complexity index is 749. The van der Waals surface area contributed by atoms with Crippen LogP contribution < -0.4 is 5.73 Å². The topological polar surface area (TPSA) is 38.4 Å².